The number of nitrogens with one attached hydrogen (secondary N) is 2. The van der Waals surface area contributed by atoms with Crippen LogP contribution >= 0.6 is 0 Å². The lowest BCUT2D eigenvalue weighted by atomic mass is 10.1. The normalized spacial score (nSPS) is 11.4. The molecule has 1 atom stereocenters. The Kier molecular flexibility index (Phi) is 5.67. The molecule has 126 valence electrons. The monoisotopic (exact) mass is 331 g/mol. The topological polar surface area (TPSA) is 111 Å². The highest BCUT2D eigenvalue weighted by molar-refractivity contribution is 5.98. The molecule has 0 spiro atoms. The number of nitrogens with zero attached hydrogens (tertiary/aromatic N) is 1. The first-order chi connectivity index (χ1) is 11.5. The first kappa shape index (κ1) is 17.2. The van der Waals surface area contributed by atoms with E-state index < -0.39 is 24.0 Å². The third kappa shape index (κ3) is 4.42. The molecular weight excluding hydrogens is 314 g/mol. The summed E-state index contributed by atoms with van der Waals surface area (Å²) in [6.45, 7) is 3.72. The Morgan fingerprint density at radius 3 is 2.54 bits per heavy atom. The second kappa shape index (κ2) is 7.91. The van der Waals surface area contributed by atoms with Crippen LogP contribution in [0.3, 0.4) is 0 Å². The van der Waals surface area contributed by atoms with Crippen LogP contribution in [0.4, 0.5) is 4.79 Å². The molecule has 2 N–H and O–H groups in total. The molecule has 2 aromatic rings. The second-order valence-corrected chi connectivity index (χ2v) is 4.88. The molecule has 0 saturated heterocycles. The van der Waals surface area contributed by atoms with Crippen LogP contribution in [0.25, 0.3) is 0 Å². The Morgan fingerprint density at radius 1 is 1.25 bits per heavy atom. The van der Waals surface area contributed by atoms with Crippen molar-refractivity contribution >= 4 is 17.9 Å². The van der Waals surface area contributed by atoms with Gasteiger partial charge in [-0.2, -0.15) is 0 Å². The molecule has 0 unspecified atom stereocenters. The maximum Gasteiger partial charge on any atom is 0.378 e. The fourth-order valence-electron chi connectivity index (χ4n) is 1.91. The predicted octanol–water partition coefficient (Wildman–Crippen LogP) is 1.73. The van der Waals surface area contributed by atoms with E-state index in [1.54, 1.807) is 44.2 Å². The fourth-order valence-corrected chi connectivity index (χ4v) is 1.91. The van der Waals surface area contributed by atoms with Crippen LogP contribution in [-0.2, 0) is 9.53 Å². The van der Waals surface area contributed by atoms with Gasteiger partial charge in [0.05, 0.1) is 5.69 Å². The maximum absolute atomic E-state index is 12.3. The molecule has 1 heterocycles. The zero-order valence-corrected chi connectivity index (χ0v) is 13.2. The van der Waals surface area contributed by atoms with Gasteiger partial charge in [-0.1, -0.05) is 35.5 Å². The number of hydrogen-bond acceptors (Lipinski definition) is 6. The van der Waals surface area contributed by atoms with E-state index in [1.807, 2.05) is 0 Å². The number of carbonyl (C=O) groups excluding carboxylic acids is 3. The van der Waals surface area contributed by atoms with Crippen LogP contribution in [0.15, 0.2) is 40.9 Å². The van der Waals surface area contributed by atoms with E-state index >= 15 is 0 Å². The number of amides is 3. The van der Waals surface area contributed by atoms with Gasteiger partial charge >= 0.3 is 12.0 Å². The summed E-state index contributed by atoms with van der Waals surface area (Å²) in [6, 6.07) is 9.08. The van der Waals surface area contributed by atoms with Crippen molar-refractivity contribution in [2.24, 2.45) is 0 Å². The lowest BCUT2D eigenvalue weighted by Crippen LogP contribution is -2.42. The van der Waals surface area contributed by atoms with Gasteiger partial charge in [0.25, 0.3) is 5.91 Å². The number of ether oxygens (including phenoxy) is 1. The highest BCUT2D eigenvalue weighted by atomic mass is 16.6. The summed E-state index contributed by atoms with van der Waals surface area (Å²) in [7, 11) is 0. The molecule has 0 saturated carbocycles. The average Bonchev–Trinajstić information content (AvgIpc) is 3.00. The second-order valence-electron chi connectivity index (χ2n) is 4.88. The Hall–Kier alpha value is -3.16. The van der Waals surface area contributed by atoms with Crippen LogP contribution in [0.5, 0.6) is 0 Å². The highest BCUT2D eigenvalue weighted by Gasteiger charge is 2.28. The van der Waals surface area contributed by atoms with Crippen molar-refractivity contribution in [3.8, 4) is 0 Å². The van der Waals surface area contributed by atoms with Crippen molar-refractivity contribution < 1.29 is 23.6 Å². The predicted molar refractivity (Wildman–Crippen MR) is 83.1 cm³/mol. The van der Waals surface area contributed by atoms with E-state index in [9.17, 15) is 14.4 Å². The van der Waals surface area contributed by atoms with Gasteiger partial charge in [-0.15, -0.1) is 0 Å². The number of rotatable bonds is 5. The van der Waals surface area contributed by atoms with Crippen molar-refractivity contribution in [1.82, 2.24) is 15.8 Å². The molecule has 8 heteroatoms. The number of carbonyl (C=O) groups is 3. The molecule has 3 amide bonds. The number of aromatic nitrogens is 1. The van der Waals surface area contributed by atoms with Gasteiger partial charge in [-0.05, 0) is 13.8 Å². The first-order valence-electron chi connectivity index (χ1n) is 7.29. The van der Waals surface area contributed by atoms with Crippen molar-refractivity contribution in [3.63, 3.8) is 0 Å². The largest absolute Gasteiger partial charge is 0.441 e. The SMILES string of the molecule is CCNC(=O)NC(=O)[C@H](OC(=O)c1cc(C)no1)c1ccccc1. The van der Waals surface area contributed by atoms with Gasteiger partial charge < -0.3 is 14.6 Å². The van der Waals surface area contributed by atoms with Gasteiger partial charge in [0.2, 0.25) is 11.9 Å². The Morgan fingerprint density at radius 2 is 1.96 bits per heavy atom. The van der Waals surface area contributed by atoms with Crippen LogP contribution in [0, 0.1) is 6.92 Å². The van der Waals surface area contributed by atoms with Crippen molar-refractivity contribution in [2.45, 2.75) is 20.0 Å². The third-order valence-corrected chi connectivity index (χ3v) is 2.97. The molecule has 0 aliphatic heterocycles. The van der Waals surface area contributed by atoms with E-state index in [0.717, 1.165) is 0 Å². The number of urea groups is 1. The van der Waals surface area contributed by atoms with Gasteiger partial charge in [0.1, 0.15) is 0 Å². The minimum Gasteiger partial charge on any atom is -0.441 e. The number of benzene rings is 1. The van der Waals surface area contributed by atoms with Crippen molar-refractivity contribution in [3.05, 3.63) is 53.4 Å². The standard InChI is InChI=1S/C16H17N3O5/c1-3-17-16(22)18-14(20)13(11-7-5-4-6-8-11)23-15(21)12-9-10(2)19-24-12/h4-9,13H,3H2,1-2H3,(H2,17,18,20,22)/t13-/m1/s1. The minimum atomic E-state index is -1.30. The van der Waals surface area contributed by atoms with E-state index in [4.69, 9.17) is 9.26 Å². The lowest BCUT2D eigenvalue weighted by molar-refractivity contribution is -0.129. The molecule has 0 radical (unpaired) electrons. The number of hydrogen-bond donors (Lipinski definition) is 2. The van der Waals surface area contributed by atoms with Gasteiger partial charge in [0.15, 0.2) is 0 Å². The summed E-state index contributed by atoms with van der Waals surface area (Å²) >= 11 is 0. The molecular formula is C16H17N3O5. The smallest absolute Gasteiger partial charge is 0.378 e. The molecule has 0 aliphatic carbocycles. The van der Waals surface area contributed by atoms with Crippen LogP contribution < -0.4 is 10.6 Å². The number of aryl methyl sites for hydroxylation is 1. The Labute approximate surface area is 138 Å². The molecule has 1 aromatic carbocycles. The summed E-state index contributed by atoms with van der Waals surface area (Å²) in [6.07, 6.45) is -1.30. The summed E-state index contributed by atoms with van der Waals surface area (Å²) < 4.78 is 10.0. The highest BCUT2D eigenvalue weighted by Crippen LogP contribution is 2.20. The summed E-state index contributed by atoms with van der Waals surface area (Å²) in [5.41, 5.74) is 0.925. The van der Waals surface area contributed by atoms with E-state index in [2.05, 4.69) is 15.8 Å². The summed E-state index contributed by atoms with van der Waals surface area (Å²) in [5.74, 6) is -1.74. The van der Waals surface area contributed by atoms with Crippen LogP contribution in [0.1, 0.15) is 34.8 Å². The summed E-state index contributed by atoms with van der Waals surface area (Å²) in [5, 5.41) is 8.16. The molecule has 1 aromatic heterocycles. The number of esters is 1. The van der Waals surface area contributed by atoms with Gasteiger partial charge in [0, 0.05) is 18.2 Å². The zero-order chi connectivity index (χ0) is 17.5. The van der Waals surface area contributed by atoms with Crippen LogP contribution in [-0.4, -0.2) is 29.6 Å². The van der Waals surface area contributed by atoms with E-state index in [0.29, 0.717) is 17.8 Å². The third-order valence-electron chi connectivity index (χ3n) is 2.97. The van der Waals surface area contributed by atoms with Crippen molar-refractivity contribution in [2.75, 3.05) is 6.54 Å². The van der Waals surface area contributed by atoms with E-state index in [1.165, 1.54) is 6.07 Å². The van der Waals surface area contributed by atoms with Crippen LogP contribution in [0.2, 0.25) is 0 Å². The average molecular weight is 331 g/mol. The van der Waals surface area contributed by atoms with Gasteiger partial charge in [-0.3, -0.25) is 10.1 Å². The van der Waals surface area contributed by atoms with Gasteiger partial charge in [-0.25, -0.2) is 9.59 Å². The quantitative estimate of drug-likeness (QED) is 0.807. The molecule has 8 nitrogen and oxygen atoms in total. The van der Waals surface area contributed by atoms with E-state index in [-0.39, 0.29) is 5.76 Å². The molecule has 24 heavy (non-hydrogen) atoms. The lowest BCUT2D eigenvalue weighted by Gasteiger charge is -2.16. The molecule has 0 fully saturated rings. The Balaban J connectivity index is 2.18. The molecule has 2 rings (SSSR count). The van der Waals surface area contributed by atoms with Crippen molar-refractivity contribution in [1.29, 1.82) is 0 Å². The zero-order valence-electron chi connectivity index (χ0n) is 13.2. The maximum atomic E-state index is 12.3. The summed E-state index contributed by atoms with van der Waals surface area (Å²) in [4.78, 5) is 36.0. The first-order valence-corrected chi connectivity index (χ1v) is 7.29. The molecule has 0 aliphatic rings. The Bertz CT molecular complexity index is 726. The minimum absolute atomic E-state index is 0.126. The fraction of sp³-hybridized carbons (Fsp3) is 0.250. The molecule has 0 bridgehead atoms. The number of imide groups is 1.